The molecule has 4 nitrogen and oxygen atoms in total. The molecule has 10 heteroatoms. The minimum atomic E-state index is -4.24. The lowest BCUT2D eigenvalue weighted by Gasteiger charge is -2.32. The van der Waals surface area contributed by atoms with Crippen LogP contribution in [-0.4, -0.2) is 53.4 Å². The van der Waals surface area contributed by atoms with Crippen LogP contribution >= 0.6 is 0 Å². The quantitative estimate of drug-likeness (QED) is 0.661. The SMILES string of the molecule is C[Si](C)(O)CO[Si](C)(CCC(F)(F)F)CO[Si](C)(C)O. The third-order valence-corrected chi connectivity index (χ3v) is 7.62. The van der Waals surface area contributed by atoms with Crippen molar-refractivity contribution in [2.45, 2.75) is 51.4 Å². The van der Waals surface area contributed by atoms with Gasteiger partial charge in [0.15, 0.2) is 0 Å². The second-order valence-corrected chi connectivity index (χ2v) is 17.5. The largest absolute Gasteiger partial charge is 0.430 e. The third-order valence-electron chi connectivity index (χ3n) is 2.44. The number of hydrogen-bond acceptors (Lipinski definition) is 4. The highest BCUT2D eigenvalue weighted by molar-refractivity contribution is 6.76. The first-order chi connectivity index (χ1) is 8.62. The highest BCUT2D eigenvalue weighted by atomic mass is 28.4. The first kappa shape index (κ1) is 20.3. The van der Waals surface area contributed by atoms with E-state index in [1.807, 2.05) is 0 Å². The van der Waals surface area contributed by atoms with E-state index in [1.54, 1.807) is 32.7 Å². The summed E-state index contributed by atoms with van der Waals surface area (Å²) in [6, 6.07) is -0.133. The van der Waals surface area contributed by atoms with Crippen molar-refractivity contribution in [2.24, 2.45) is 0 Å². The van der Waals surface area contributed by atoms with Crippen LogP contribution in [0.25, 0.3) is 0 Å². The summed E-state index contributed by atoms with van der Waals surface area (Å²) in [7, 11) is -8.06. The Kier molecular flexibility index (Phi) is 7.13. The Hall–Kier alpha value is 0.281. The van der Waals surface area contributed by atoms with Crippen LogP contribution in [0.4, 0.5) is 13.2 Å². The molecule has 0 radical (unpaired) electrons. The Morgan fingerprint density at radius 1 is 0.900 bits per heavy atom. The summed E-state index contributed by atoms with van der Waals surface area (Å²) in [4.78, 5) is 19.4. The fraction of sp³-hybridized carbons (Fsp3) is 1.00. The standard InChI is InChI=1S/C10H25F3O4Si3/c1-18(2,14)8-17-20(5,7-6-10(11,12)13)9-16-19(3,4)15/h14-15H,6-9H2,1-5H3. The molecule has 1 unspecified atom stereocenters. The van der Waals surface area contributed by atoms with E-state index in [0.717, 1.165) is 0 Å². The Morgan fingerprint density at radius 3 is 1.75 bits per heavy atom. The average molecular weight is 351 g/mol. The lowest BCUT2D eigenvalue weighted by molar-refractivity contribution is -0.131. The normalized spacial score (nSPS) is 17.1. The van der Waals surface area contributed by atoms with Crippen molar-refractivity contribution < 1.29 is 31.6 Å². The van der Waals surface area contributed by atoms with E-state index in [4.69, 9.17) is 8.85 Å². The zero-order chi connectivity index (χ0) is 16.2. The van der Waals surface area contributed by atoms with Gasteiger partial charge in [-0.05, 0) is 38.8 Å². The molecule has 0 aromatic heterocycles. The Bertz CT molecular complexity index is 254. The summed E-state index contributed by atoms with van der Waals surface area (Å²) >= 11 is 0. The van der Waals surface area contributed by atoms with E-state index in [2.05, 4.69) is 0 Å². The predicted octanol–water partition coefficient (Wildman–Crippen LogP) is 2.52. The van der Waals surface area contributed by atoms with Gasteiger partial charge in [-0.25, -0.2) is 0 Å². The maximum Gasteiger partial charge on any atom is 0.388 e. The van der Waals surface area contributed by atoms with Crippen LogP contribution < -0.4 is 0 Å². The van der Waals surface area contributed by atoms with Gasteiger partial charge in [-0.1, -0.05) is 0 Å². The highest BCUT2D eigenvalue weighted by Gasteiger charge is 2.39. The number of rotatable bonds is 8. The molecule has 20 heavy (non-hydrogen) atoms. The van der Waals surface area contributed by atoms with Gasteiger partial charge in [0.1, 0.15) is 0 Å². The minimum Gasteiger partial charge on any atom is -0.430 e. The molecule has 0 fully saturated rings. The van der Waals surface area contributed by atoms with Crippen LogP contribution in [0, 0.1) is 0 Å². The molecule has 0 amide bonds. The second kappa shape index (κ2) is 7.03. The zero-order valence-corrected chi connectivity index (χ0v) is 15.7. The summed E-state index contributed by atoms with van der Waals surface area (Å²) in [5.41, 5.74) is 0. The number of hydrogen-bond donors (Lipinski definition) is 2. The van der Waals surface area contributed by atoms with E-state index in [-0.39, 0.29) is 18.5 Å². The Morgan fingerprint density at radius 2 is 1.40 bits per heavy atom. The monoisotopic (exact) mass is 350 g/mol. The molecule has 0 aliphatic rings. The summed E-state index contributed by atoms with van der Waals surface area (Å²) in [6.07, 6.45) is -5.07. The van der Waals surface area contributed by atoms with Crippen molar-refractivity contribution in [3.63, 3.8) is 0 Å². The van der Waals surface area contributed by atoms with Gasteiger partial charge in [0, 0.05) is 6.42 Å². The molecular formula is C10H25F3O4Si3. The average Bonchev–Trinajstić information content (AvgIpc) is 2.18. The van der Waals surface area contributed by atoms with Crippen LogP contribution in [-0.2, 0) is 8.85 Å². The second-order valence-electron chi connectivity index (χ2n) is 6.40. The lowest BCUT2D eigenvalue weighted by atomic mass is 10.5. The Balaban J connectivity index is 4.66. The van der Waals surface area contributed by atoms with Crippen molar-refractivity contribution in [1.29, 1.82) is 0 Å². The van der Waals surface area contributed by atoms with E-state index in [9.17, 15) is 22.8 Å². The molecule has 0 rings (SSSR count). The topological polar surface area (TPSA) is 58.9 Å². The lowest BCUT2D eigenvalue weighted by Crippen LogP contribution is -2.49. The smallest absolute Gasteiger partial charge is 0.388 e. The van der Waals surface area contributed by atoms with Crippen LogP contribution in [0.3, 0.4) is 0 Å². The van der Waals surface area contributed by atoms with Gasteiger partial charge in [-0.15, -0.1) is 0 Å². The molecule has 1 atom stereocenters. The molecular weight excluding hydrogens is 325 g/mol. The van der Waals surface area contributed by atoms with Crippen molar-refractivity contribution in [3.8, 4) is 0 Å². The van der Waals surface area contributed by atoms with Gasteiger partial charge < -0.3 is 18.4 Å². The molecule has 0 aliphatic heterocycles. The van der Waals surface area contributed by atoms with Crippen molar-refractivity contribution in [3.05, 3.63) is 0 Å². The van der Waals surface area contributed by atoms with E-state index < -0.39 is 37.8 Å². The van der Waals surface area contributed by atoms with Gasteiger partial charge >= 0.3 is 14.7 Å². The molecule has 0 aromatic rings. The molecule has 0 spiro atoms. The summed E-state index contributed by atoms with van der Waals surface area (Å²) < 4.78 is 48.1. The predicted molar refractivity (Wildman–Crippen MR) is 78.4 cm³/mol. The molecule has 0 aliphatic carbocycles. The van der Waals surface area contributed by atoms with E-state index >= 15 is 0 Å². The van der Waals surface area contributed by atoms with Crippen molar-refractivity contribution in [2.75, 3.05) is 12.5 Å². The fourth-order valence-electron chi connectivity index (χ4n) is 1.27. The van der Waals surface area contributed by atoms with E-state index in [1.165, 1.54) is 0 Å². The van der Waals surface area contributed by atoms with Crippen molar-refractivity contribution >= 4 is 25.2 Å². The third kappa shape index (κ3) is 12.1. The maximum atomic E-state index is 12.4. The fourth-order valence-corrected chi connectivity index (χ4v) is 7.90. The molecule has 0 saturated heterocycles. The summed E-state index contributed by atoms with van der Waals surface area (Å²) in [5, 5.41) is 0. The summed E-state index contributed by atoms with van der Waals surface area (Å²) in [6.45, 7) is 8.08. The van der Waals surface area contributed by atoms with Gasteiger partial charge in [-0.3, -0.25) is 0 Å². The first-order valence-electron chi connectivity index (χ1n) is 6.41. The van der Waals surface area contributed by atoms with Crippen LogP contribution in [0.1, 0.15) is 6.42 Å². The first-order valence-corrected chi connectivity index (χ1v) is 15.2. The van der Waals surface area contributed by atoms with Crippen LogP contribution in [0.5, 0.6) is 0 Å². The van der Waals surface area contributed by atoms with E-state index in [0.29, 0.717) is 0 Å². The van der Waals surface area contributed by atoms with Gasteiger partial charge in [0.2, 0.25) is 16.6 Å². The number of halogens is 3. The van der Waals surface area contributed by atoms with Gasteiger partial charge in [-0.2, -0.15) is 13.2 Å². The van der Waals surface area contributed by atoms with Gasteiger partial charge in [0.05, 0.1) is 12.5 Å². The maximum absolute atomic E-state index is 12.4. The molecule has 0 heterocycles. The minimum absolute atomic E-state index is 0.0171. The molecule has 122 valence electrons. The molecule has 0 bridgehead atoms. The number of alkyl halides is 3. The van der Waals surface area contributed by atoms with Crippen LogP contribution in [0.2, 0.25) is 38.8 Å². The van der Waals surface area contributed by atoms with Crippen molar-refractivity contribution in [1.82, 2.24) is 0 Å². The zero-order valence-electron chi connectivity index (χ0n) is 12.7. The molecule has 0 saturated carbocycles. The highest BCUT2D eigenvalue weighted by Crippen LogP contribution is 2.27. The summed E-state index contributed by atoms with van der Waals surface area (Å²) in [5.74, 6) is 0. The Labute approximate surface area is 121 Å². The molecule has 2 N–H and O–H groups in total. The van der Waals surface area contributed by atoms with Gasteiger partial charge in [0.25, 0.3) is 0 Å². The molecule has 0 aromatic carbocycles. The van der Waals surface area contributed by atoms with Crippen LogP contribution in [0.15, 0.2) is 0 Å².